The van der Waals surface area contributed by atoms with Crippen LogP contribution in [0.3, 0.4) is 0 Å². The highest BCUT2D eigenvalue weighted by Crippen LogP contribution is 2.46. The number of hydrogen-bond donors (Lipinski definition) is 0. The standard InChI is InChI=1S/C46H34N8/c1-29-39(44-49-35-23-13-14-26-38(35)52(44)32-17-7-4-8-18-32)30(2)41(46-51-37-25-16-28-48-43(37)54(46)34-21-11-6-12-22-34)31(3)40(29)45-50-36-24-15-27-47-42(36)53(45)33-19-9-5-10-20-33/h4-28H,1-3H3. The van der Waals surface area contributed by atoms with Crippen LogP contribution < -0.4 is 0 Å². The van der Waals surface area contributed by atoms with Gasteiger partial charge in [-0.1, -0.05) is 66.7 Å². The molecule has 8 heteroatoms. The minimum absolute atomic E-state index is 0.790. The molecule has 10 aromatic rings. The molecule has 0 spiro atoms. The first-order chi connectivity index (χ1) is 26.6. The Kier molecular flexibility index (Phi) is 7.30. The number of benzene rings is 5. The van der Waals surface area contributed by atoms with E-state index in [1.54, 1.807) is 0 Å². The molecular weight excluding hydrogens is 665 g/mol. The lowest BCUT2D eigenvalue weighted by Gasteiger charge is -2.23. The van der Waals surface area contributed by atoms with Crippen molar-refractivity contribution in [2.75, 3.05) is 0 Å². The molecule has 5 aromatic carbocycles. The van der Waals surface area contributed by atoms with Crippen molar-refractivity contribution in [3.63, 3.8) is 0 Å². The van der Waals surface area contributed by atoms with Gasteiger partial charge in [-0.05, 0) is 110 Å². The van der Waals surface area contributed by atoms with Crippen LogP contribution >= 0.6 is 0 Å². The molecule has 10 rings (SSSR count). The maximum atomic E-state index is 5.41. The number of pyridine rings is 2. The summed E-state index contributed by atoms with van der Waals surface area (Å²) >= 11 is 0. The quantitative estimate of drug-likeness (QED) is 0.173. The van der Waals surface area contributed by atoms with Crippen LogP contribution in [-0.4, -0.2) is 38.6 Å². The van der Waals surface area contributed by atoms with Crippen LogP contribution in [0.1, 0.15) is 16.7 Å². The van der Waals surface area contributed by atoms with Crippen LogP contribution in [0.15, 0.2) is 152 Å². The Labute approximate surface area is 311 Å². The van der Waals surface area contributed by atoms with Crippen LogP contribution in [0.5, 0.6) is 0 Å². The van der Waals surface area contributed by atoms with Gasteiger partial charge in [-0.2, -0.15) is 0 Å². The zero-order valence-corrected chi connectivity index (χ0v) is 30.0. The summed E-state index contributed by atoms with van der Waals surface area (Å²) in [5, 5.41) is 0. The maximum Gasteiger partial charge on any atom is 0.164 e. The summed E-state index contributed by atoms with van der Waals surface area (Å²) in [6.07, 6.45) is 3.66. The third kappa shape index (κ3) is 4.80. The highest BCUT2D eigenvalue weighted by Gasteiger charge is 2.30. The lowest BCUT2D eigenvalue weighted by Crippen LogP contribution is -2.09. The van der Waals surface area contributed by atoms with Gasteiger partial charge >= 0.3 is 0 Å². The molecule has 0 bridgehead atoms. The molecule has 0 unspecified atom stereocenters. The predicted molar refractivity (Wildman–Crippen MR) is 216 cm³/mol. The SMILES string of the molecule is Cc1c(-c2nc3ccccc3n2-c2ccccc2)c(C)c(-c2nc3cccnc3n2-c2ccccc2)c(C)c1-c1nc2cccnc2n1-c1ccccc1. The number of nitrogens with zero attached hydrogens (tertiary/aromatic N) is 8. The van der Waals surface area contributed by atoms with Crippen molar-refractivity contribution in [1.29, 1.82) is 0 Å². The van der Waals surface area contributed by atoms with E-state index in [4.69, 9.17) is 24.9 Å². The smallest absolute Gasteiger partial charge is 0.164 e. The van der Waals surface area contributed by atoms with Gasteiger partial charge in [-0.25, -0.2) is 24.9 Å². The Morgan fingerprint density at radius 3 is 1.17 bits per heavy atom. The molecule has 0 aliphatic rings. The molecule has 0 fully saturated rings. The molecule has 0 amide bonds. The monoisotopic (exact) mass is 698 g/mol. The molecule has 258 valence electrons. The van der Waals surface area contributed by atoms with E-state index in [1.165, 1.54) is 0 Å². The second-order valence-corrected chi connectivity index (χ2v) is 13.5. The predicted octanol–water partition coefficient (Wildman–Crippen LogP) is 10.4. The molecule has 0 N–H and O–H groups in total. The number of imidazole rings is 3. The van der Waals surface area contributed by atoms with E-state index in [1.807, 2.05) is 60.9 Å². The summed E-state index contributed by atoms with van der Waals surface area (Å²) in [5.41, 5.74) is 14.3. The molecule has 8 nitrogen and oxygen atoms in total. The Hall–Kier alpha value is -7.19. The zero-order valence-electron chi connectivity index (χ0n) is 30.0. The molecule has 5 aromatic heterocycles. The average Bonchev–Trinajstić information content (AvgIpc) is 3.90. The van der Waals surface area contributed by atoms with E-state index < -0.39 is 0 Å². The third-order valence-corrected chi connectivity index (χ3v) is 10.4. The fraction of sp³-hybridized carbons (Fsp3) is 0.0652. The van der Waals surface area contributed by atoms with Gasteiger partial charge in [-0.15, -0.1) is 0 Å². The molecule has 5 heterocycles. The fourth-order valence-corrected chi connectivity index (χ4v) is 8.06. The lowest BCUT2D eigenvalue weighted by atomic mass is 9.86. The number of para-hydroxylation sites is 5. The van der Waals surface area contributed by atoms with Crippen LogP contribution in [0.2, 0.25) is 0 Å². The van der Waals surface area contributed by atoms with Crippen molar-refractivity contribution in [3.05, 3.63) is 169 Å². The van der Waals surface area contributed by atoms with Crippen molar-refractivity contribution in [3.8, 4) is 51.2 Å². The number of aromatic nitrogens is 8. The number of fused-ring (bicyclic) bond motifs is 3. The van der Waals surface area contributed by atoms with Gasteiger partial charge in [0.25, 0.3) is 0 Å². The topological polar surface area (TPSA) is 79.2 Å². The average molecular weight is 699 g/mol. The van der Waals surface area contributed by atoms with Gasteiger partial charge in [0, 0.05) is 46.1 Å². The van der Waals surface area contributed by atoms with E-state index in [0.717, 1.165) is 101 Å². The summed E-state index contributed by atoms with van der Waals surface area (Å²) in [4.78, 5) is 25.9. The zero-order chi connectivity index (χ0) is 36.3. The van der Waals surface area contributed by atoms with Gasteiger partial charge in [0.15, 0.2) is 11.3 Å². The van der Waals surface area contributed by atoms with Gasteiger partial charge in [-0.3, -0.25) is 13.7 Å². The Morgan fingerprint density at radius 2 is 0.704 bits per heavy atom. The minimum atomic E-state index is 0.790. The van der Waals surface area contributed by atoms with Crippen LogP contribution in [-0.2, 0) is 0 Å². The van der Waals surface area contributed by atoms with Gasteiger partial charge in [0.05, 0.1) is 11.0 Å². The fourth-order valence-electron chi connectivity index (χ4n) is 8.06. The van der Waals surface area contributed by atoms with Gasteiger partial charge in [0.2, 0.25) is 0 Å². The van der Waals surface area contributed by atoms with Crippen molar-refractivity contribution in [1.82, 2.24) is 38.6 Å². The van der Waals surface area contributed by atoms with Crippen LogP contribution in [0.4, 0.5) is 0 Å². The molecule has 0 saturated carbocycles. The Balaban J connectivity index is 1.39. The molecule has 0 aliphatic carbocycles. The summed E-state index contributed by atoms with van der Waals surface area (Å²) in [7, 11) is 0. The van der Waals surface area contributed by atoms with Crippen molar-refractivity contribution in [2.24, 2.45) is 0 Å². The van der Waals surface area contributed by atoms with Crippen molar-refractivity contribution >= 4 is 33.4 Å². The second-order valence-electron chi connectivity index (χ2n) is 13.5. The molecular formula is C46H34N8. The van der Waals surface area contributed by atoms with Crippen LogP contribution in [0.25, 0.3) is 84.6 Å². The first-order valence-corrected chi connectivity index (χ1v) is 18.0. The molecule has 0 aliphatic heterocycles. The summed E-state index contributed by atoms with van der Waals surface area (Å²) in [6.45, 7) is 6.60. The van der Waals surface area contributed by atoms with Gasteiger partial charge < -0.3 is 0 Å². The maximum absolute atomic E-state index is 5.41. The van der Waals surface area contributed by atoms with Crippen molar-refractivity contribution < 1.29 is 0 Å². The third-order valence-electron chi connectivity index (χ3n) is 10.4. The number of rotatable bonds is 6. The summed E-state index contributed by atoms with van der Waals surface area (Å²) in [5.74, 6) is 2.45. The van der Waals surface area contributed by atoms with E-state index in [0.29, 0.717) is 0 Å². The van der Waals surface area contributed by atoms with E-state index >= 15 is 0 Å². The van der Waals surface area contributed by atoms with E-state index in [9.17, 15) is 0 Å². The van der Waals surface area contributed by atoms with Crippen molar-refractivity contribution in [2.45, 2.75) is 20.8 Å². The molecule has 0 atom stereocenters. The first-order valence-electron chi connectivity index (χ1n) is 18.0. The van der Waals surface area contributed by atoms with Crippen LogP contribution in [0, 0.1) is 20.8 Å². The normalized spacial score (nSPS) is 11.6. The lowest BCUT2D eigenvalue weighted by molar-refractivity contribution is 1.05. The van der Waals surface area contributed by atoms with E-state index in [2.05, 4.69) is 125 Å². The second kappa shape index (κ2) is 12.5. The largest absolute Gasteiger partial charge is 0.292 e. The highest BCUT2D eigenvalue weighted by atomic mass is 15.1. The van der Waals surface area contributed by atoms with E-state index in [-0.39, 0.29) is 0 Å². The Bertz CT molecular complexity index is 2660. The summed E-state index contributed by atoms with van der Waals surface area (Å²) < 4.78 is 6.63. The first kappa shape index (κ1) is 31.5. The molecule has 0 radical (unpaired) electrons. The van der Waals surface area contributed by atoms with Gasteiger partial charge in [0.1, 0.15) is 28.5 Å². The molecule has 54 heavy (non-hydrogen) atoms. The minimum Gasteiger partial charge on any atom is -0.292 e. The summed E-state index contributed by atoms with van der Waals surface area (Å²) in [6, 6.07) is 47.5. The Morgan fingerprint density at radius 1 is 0.352 bits per heavy atom. The molecule has 0 saturated heterocycles. The number of hydrogen-bond acceptors (Lipinski definition) is 5. The highest BCUT2D eigenvalue weighted by molar-refractivity contribution is 5.94.